The Labute approximate surface area is 128 Å². The van der Waals surface area contributed by atoms with E-state index in [1.807, 2.05) is 18.2 Å². The zero-order valence-corrected chi connectivity index (χ0v) is 12.3. The van der Waals surface area contributed by atoms with Gasteiger partial charge in [-0.05, 0) is 37.1 Å². The second-order valence-corrected chi connectivity index (χ2v) is 6.34. The zero-order chi connectivity index (χ0) is 15.2. The molecule has 2 saturated heterocycles. The molecule has 2 aliphatic rings. The van der Waals surface area contributed by atoms with Crippen molar-refractivity contribution in [1.29, 1.82) is 0 Å². The number of hydrogen-bond acceptors (Lipinski definition) is 4. The molecule has 0 amide bonds. The number of benzene rings is 1. The Kier molecular flexibility index (Phi) is 3.04. The number of nitrogens with zero attached hydrogens (tertiary/aromatic N) is 2. The predicted molar refractivity (Wildman–Crippen MR) is 83.4 cm³/mol. The van der Waals surface area contributed by atoms with Gasteiger partial charge in [0.1, 0.15) is 0 Å². The average molecular weight is 298 g/mol. The van der Waals surface area contributed by atoms with E-state index in [9.17, 15) is 9.90 Å². The van der Waals surface area contributed by atoms with Crippen LogP contribution in [0.3, 0.4) is 0 Å². The molecule has 2 aromatic rings. The fourth-order valence-corrected chi connectivity index (χ4v) is 3.44. The van der Waals surface area contributed by atoms with E-state index in [1.165, 1.54) is 0 Å². The van der Waals surface area contributed by atoms with Gasteiger partial charge in [-0.15, -0.1) is 0 Å². The van der Waals surface area contributed by atoms with Crippen LogP contribution in [-0.4, -0.2) is 42.4 Å². The molecule has 4 rings (SSSR count). The molecule has 1 N–H and O–H groups in total. The molecule has 0 bridgehead atoms. The highest BCUT2D eigenvalue weighted by Gasteiger charge is 2.41. The van der Waals surface area contributed by atoms with E-state index in [0.717, 1.165) is 50.3 Å². The maximum atomic E-state index is 11.4. The molecule has 1 aromatic heterocycles. The molecule has 0 unspecified atom stereocenters. The fraction of sp³-hybridized carbons (Fsp3) is 0.412. The lowest BCUT2D eigenvalue weighted by atomic mass is 9.77. The van der Waals surface area contributed by atoms with Gasteiger partial charge in [0.2, 0.25) is 0 Å². The average Bonchev–Trinajstić information content (AvgIpc) is 2.52. The van der Waals surface area contributed by atoms with Crippen LogP contribution in [0.2, 0.25) is 0 Å². The summed E-state index contributed by atoms with van der Waals surface area (Å²) in [5.74, 6) is -0.909. The SMILES string of the molecule is O=C(O)c1ccnc2ccc(N3CCC4(CC3)COC4)cc12. The van der Waals surface area contributed by atoms with Crippen LogP contribution >= 0.6 is 0 Å². The summed E-state index contributed by atoms with van der Waals surface area (Å²) in [6.45, 7) is 3.78. The Morgan fingerprint density at radius 1 is 1.23 bits per heavy atom. The minimum Gasteiger partial charge on any atom is -0.478 e. The normalized spacial score (nSPS) is 20.1. The maximum absolute atomic E-state index is 11.4. The Morgan fingerprint density at radius 2 is 2.00 bits per heavy atom. The van der Waals surface area contributed by atoms with Crippen LogP contribution in [0.15, 0.2) is 30.5 Å². The largest absolute Gasteiger partial charge is 0.478 e. The molecular weight excluding hydrogens is 280 g/mol. The van der Waals surface area contributed by atoms with Gasteiger partial charge < -0.3 is 14.7 Å². The van der Waals surface area contributed by atoms with Gasteiger partial charge >= 0.3 is 5.97 Å². The van der Waals surface area contributed by atoms with Crippen molar-refractivity contribution in [1.82, 2.24) is 4.98 Å². The topological polar surface area (TPSA) is 62.7 Å². The highest BCUT2D eigenvalue weighted by Crippen LogP contribution is 2.39. The monoisotopic (exact) mass is 298 g/mol. The molecule has 5 nitrogen and oxygen atoms in total. The molecule has 0 atom stereocenters. The second kappa shape index (κ2) is 4.95. The van der Waals surface area contributed by atoms with Crippen molar-refractivity contribution in [3.8, 4) is 0 Å². The standard InChI is InChI=1S/C17H18N2O3/c20-16(21)13-3-6-18-15-2-1-12(9-14(13)15)19-7-4-17(5-8-19)10-22-11-17/h1-3,6,9H,4-5,7-8,10-11H2,(H,20,21). The van der Waals surface area contributed by atoms with Crippen LogP contribution in [0.25, 0.3) is 10.9 Å². The first-order valence-electron chi connectivity index (χ1n) is 7.62. The van der Waals surface area contributed by atoms with Crippen LogP contribution in [0.1, 0.15) is 23.2 Å². The Bertz CT molecular complexity index is 730. The Balaban J connectivity index is 1.65. The summed E-state index contributed by atoms with van der Waals surface area (Å²) < 4.78 is 5.36. The predicted octanol–water partition coefficient (Wildman–Crippen LogP) is 2.55. The number of ether oxygens (including phenoxy) is 1. The minimum atomic E-state index is -0.909. The molecule has 0 aliphatic carbocycles. The number of piperidine rings is 1. The van der Waals surface area contributed by atoms with Crippen LogP contribution < -0.4 is 4.90 Å². The molecule has 114 valence electrons. The summed E-state index contributed by atoms with van der Waals surface area (Å²) in [6.07, 6.45) is 3.83. The number of anilines is 1. The van der Waals surface area contributed by atoms with Crippen molar-refractivity contribution in [2.24, 2.45) is 5.41 Å². The van der Waals surface area contributed by atoms with Gasteiger partial charge in [0.15, 0.2) is 0 Å². The Hall–Kier alpha value is -2.14. The summed E-state index contributed by atoms with van der Waals surface area (Å²) in [5, 5.41) is 10.0. The van der Waals surface area contributed by atoms with Gasteiger partial charge in [0.25, 0.3) is 0 Å². The molecule has 0 radical (unpaired) electrons. The summed E-state index contributed by atoms with van der Waals surface area (Å²) in [6, 6.07) is 7.47. The van der Waals surface area contributed by atoms with E-state index in [1.54, 1.807) is 12.3 Å². The van der Waals surface area contributed by atoms with Crippen molar-refractivity contribution in [3.05, 3.63) is 36.0 Å². The number of carbonyl (C=O) groups is 1. The first-order chi connectivity index (χ1) is 10.7. The van der Waals surface area contributed by atoms with Gasteiger partial charge in [-0.2, -0.15) is 0 Å². The van der Waals surface area contributed by atoms with Gasteiger partial charge in [-0.1, -0.05) is 0 Å². The van der Waals surface area contributed by atoms with E-state index < -0.39 is 5.97 Å². The quantitative estimate of drug-likeness (QED) is 0.923. The Morgan fingerprint density at radius 3 is 2.64 bits per heavy atom. The summed E-state index contributed by atoms with van der Waals surface area (Å²) in [7, 11) is 0. The lowest BCUT2D eigenvalue weighted by Crippen LogP contribution is -2.50. The number of carboxylic acid groups (broad SMARTS) is 1. The molecule has 2 aliphatic heterocycles. The van der Waals surface area contributed by atoms with Gasteiger partial charge in [-0.3, -0.25) is 4.98 Å². The lowest BCUT2D eigenvalue weighted by molar-refractivity contribution is -0.124. The molecule has 1 spiro atoms. The molecule has 1 aromatic carbocycles. The van der Waals surface area contributed by atoms with Crippen molar-refractivity contribution in [2.45, 2.75) is 12.8 Å². The molecule has 3 heterocycles. The van der Waals surface area contributed by atoms with Crippen molar-refractivity contribution >= 4 is 22.6 Å². The van der Waals surface area contributed by atoms with E-state index in [-0.39, 0.29) is 0 Å². The van der Waals surface area contributed by atoms with E-state index in [0.29, 0.717) is 16.4 Å². The number of hydrogen-bond donors (Lipinski definition) is 1. The van der Waals surface area contributed by atoms with Gasteiger partial charge in [0, 0.05) is 35.8 Å². The highest BCUT2D eigenvalue weighted by atomic mass is 16.5. The third kappa shape index (κ3) is 2.13. The number of fused-ring (bicyclic) bond motifs is 1. The fourth-order valence-electron chi connectivity index (χ4n) is 3.44. The molecule has 22 heavy (non-hydrogen) atoms. The number of carboxylic acids is 1. The summed E-state index contributed by atoms with van der Waals surface area (Å²) in [4.78, 5) is 18.0. The minimum absolute atomic E-state index is 0.313. The van der Waals surface area contributed by atoms with Crippen molar-refractivity contribution in [3.63, 3.8) is 0 Å². The van der Waals surface area contributed by atoms with Crippen LogP contribution in [-0.2, 0) is 4.74 Å². The van der Waals surface area contributed by atoms with Crippen LogP contribution in [0, 0.1) is 5.41 Å². The van der Waals surface area contributed by atoms with Crippen molar-refractivity contribution < 1.29 is 14.6 Å². The molecule has 0 saturated carbocycles. The van der Waals surface area contributed by atoms with Crippen molar-refractivity contribution in [2.75, 3.05) is 31.2 Å². The third-order valence-corrected chi connectivity index (χ3v) is 4.96. The number of rotatable bonds is 2. The molecule has 5 heteroatoms. The van der Waals surface area contributed by atoms with Gasteiger partial charge in [-0.25, -0.2) is 4.79 Å². The third-order valence-electron chi connectivity index (χ3n) is 4.96. The van der Waals surface area contributed by atoms with E-state index in [4.69, 9.17) is 4.74 Å². The molecular formula is C17H18N2O3. The first kappa shape index (κ1) is 13.5. The second-order valence-electron chi connectivity index (χ2n) is 6.34. The van der Waals surface area contributed by atoms with Crippen LogP contribution in [0.4, 0.5) is 5.69 Å². The lowest BCUT2D eigenvalue weighted by Gasteiger charge is -2.47. The van der Waals surface area contributed by atoms with E-state index in [2.05, 4.69) is 9.88 Å². The molecule has 2 fully saturated rings. The smallest absolute Gasteiger partial charge is 0.336 e. The zero-order valence-electron chi connectivity index (χ0n) is 12.3. The summed E-state index contributed by atoms with van der Waals surface area (Å²) in [5.41, 5.74) is 2.52. The number of pyridine rings is 1. The number of aromatic carboxylic acids is 1. The maximum Gasteiger partial charge on any atom is 0.336 e. The highest BCUT2D eigenvalue weighted by molar-refractivity contribution is 6.03. The number of aromatic nitrogens is 1. The van der Waals surface area contributed by atoms with E-state index >= 15 is 0 Å². The summed E-state index contributed by atoms with van der Waals surface area (Å²) >= 11 is 0. The van der Waals surface area contributed by atoms with Crippen LogP contribution in [0.5, 0.6) is 0 Å². The van der Waals surface area contributed by atoms with Gasteiger partial charge in [0.05, 0.1) is 24.3 Å². The first-order valence-corrected chi connectivity index (χ1v) is 7.62.